The molecule has 28 heavy (non-hydrogen) atoms. The lowest BCUT2D eigenvalue weighted by Gasteiger charge is -2.22. The number of alkyl halides is 3. The van der Waals surface area contributed by atoms with Gasteiger partial charge in [0.1, 0.15) is 6.54 Å². The summed E-state index contributed by atoms with van der Waals surface area (Å²) in [5, 5.41) is 2.41. The first-order chi connectivity index (χ1) is 12.9. The summed E-state index contributed by atoms with van der Waals surface area (Å²) in [6.07, 6.45) is -3.49. The average Bonchev–Trinajstić information content (AvgIpc) is 2.58. The van der Waals surface area contributed by atoms with Crippen LogP contribution in [0.4, 0.5) is 24.5 Å². The third-order valence-corrected chi connectivity index (χ3v) is 5.17. The summed E-state index contributed by atoms with van der Waals surface area (Å²) in [5.74, 6) is -0.401. The summed E-state index contributed by atoms with van der Waals surface area (Å²) >= 11 is 0. The topological polar surface area (TPSA) is 66.5 Å². The number of halogens is 3. The molecule has 0 bridgehead atoms. The van der Waals surface area contributed by atoms with E-state index in [-0.39, 0.29) is 11.6 Å². The minimum absolute atomic E-state index is 0.140. The van der Waals surface area contributed by atoms with Crippen molar-refractivity contribution in [2.24, 2.45) is 0 Å². The minimum atomic E-state index is -4.47. The van der Waals surface area contributed by atoms with Crippen molar-refractivity contribution in [3.05, 3.63) is 59.7 Å². The van der Waals surface area contributed by atoms with Gasteiger partial charge in [0, 0.05) is 5.69 Å². The first-order valence-corrected chi connectivity index (χ1v) is 10.3. The van der Waals surface area contributed by atoms with E-state index in [9.17, 15) is 26.4 Å². The molecule has 0 saturated carbocycles. The van der Waals surface area contributed by atoms with Gasteiger partial charge in [0.05, 0.1) is 17.5 Å². The van der Waals surface area contributed by atoms with Crippen LogP contribution in [0.25, 0.3) is 0 Å². The first kappa shape index (κ1) is 21.7. The van der Waals surface area contributed by atoms with Crippen LogP contribution in [0.15, 0.2) is 48.5 Å². The number of hydrogen-bond donors (Lipinski definition) is 1. The molecule has 1 N–H and O–H groups in total. The number of amides is 1. The molecule has 0 unspecified atom stereocenters. The predicted molar refractivity (Wildman–Crippen MR) is 103 cm³/mol. The lowest BCUT2D eigenvalue weighted by atomic mass is 10.0. The number of rotatable bonds is 6. The van der Waals surface area contributed by atoms with E-state index in [0.29, 0.717) is 5.69 Å². The zero-order valence-corrected chi connectivity index (χ0v) is 16.4. The van der Waals surface area contributed by atoms with E-state index in [1.165, 1.54) is 0 Å². The molecule has 1 amide bonds. The third kappa shape index (κ3) is 5.72. The highest BCUT2D eigenvalue weighted by Crippen LogP contribution is 2.30. The Morgan fingerprint density at radius 2 is 1.57 bits per heavy atom. The predicted octanol–water partition coefficient (Wildman–Crippen LogP) is 4.23. The monoisotopic (exact) mass is 414 g/mol. The SMILES string of the molecule is CC(C)c1ccc(N(CC(=O)Nc2ccc(C(F)(F)F)cc2)S(C)(=O)=O)cc1. The van der Waals surface area contributed by atoms with Gasteiger partial charge in [-0.1, -0.05) is 26.0 Å². The van der Waals surface area contributed by atoms with Gasteiger partial charge in [-0.3, -0.25) is 9.10 Å². The molecule has 9 heteroatoms. The second-order valence-electron chi connectivity index (χ2n) is 6.64. The Morgan fingerprint density at radius 3 is 2.00 bits per heavy atom. The van der Waals surface area contributed by atoms with Gasteiger partial charge < -0.3 is 5.32 Å². The Kier molecular flexibility index (Phi) is 6.38. The molecule has 0 atom stereocenters. The van der Waals surface area contributed by atoms with Gasteiger partial charge in [-0.15, -0.1) is 0 Å². The maximum atomic E-state index is 12.6. The zero-order valence-electron chi connectivity index (χ0n) is 15.6. The summed E-state index contributed by atoms with van der Waals surface area (Å²) < 4.78 is 62.9. The van der Waals surface area contributed by atoms with Gasteiger partial charge in [0.25, 0.3) is 0 Å². The van der Waals surface area contributed by atoms with Crippen LogP contribution in [0.5, 0.6) is 0 Å². The first-order valence-electron chi connectivity index (χ1n) is 8.42. The van der Waals surface area contributed by atoms with Gasteiger partial charge in [-0.2, -0.15) is 13.2 Å². The Morgan fingerprint density at radius 1 is 1.04 bits per heavy atom. The molecular weight excluding hydrogens is 393 g/mol. The van der Waals surface area contributed by atoms with Crippen molar-refractivity contribution < 1.29 is 26.4 Å². The quantitative estimate of drug-likeness (QED) is 0.769. The second-order valence-corrected chi connectivity index (χ2v) is 8.55. The van der Waals surface area contributed by atoms with Gasteiger partial charge in [-0.25, -0.2) is 8.42 Å². The van der Waals surface area contributed by atoms with Crippen LogP contribution in [0.1, 0.15) is 30.9 Å². The van der Waals surface area contributed by atoms with Crippen LogP contribution < -0.4 is 9.62 Å². The van der Waals surface area contributed by atoms with Crippen molar-refractivity contribution in [3.8, 4) is 0 Å². The van der Waals surface area contributed by atoms with E-state index in [1.54, 1.807) is 24.3 Å². The van der Waals surface area contributed by atoms with Gasteiger partial charge >= 0.3 is 6.18 Å². The summed E-state index contributed by atoms with van der Waals surface area (Å²) in [4.78, 5) is 12.3. The molecule has 152 valence electrons. The smallest absolute Gasteiger partial charge is 0.325 e. The molecular formula is C19H21F3N2O3S. The molecule has 0 aliphatic rings. The summed E-state index contributed by atoms with van der Waals surface area (Å²) in [6, 6.07) is 10.7. The summed E-state index contributed by atoms with van der Waals surface area (Å²) in [5.41, 5.74) is 0.649. The Hall–Kier alpha value is -2.55. The van der Waals surface area contributed by atoms with E-state index in [4.69, 9.17) is 0 Å². The lowest BCUT2D eigenvalue weighted by Crippen LogP contribution is -2.37. The molecule has 0 heterocycles. The number of carbonyl (C=O) groups excluding carboxylic acids is 1. The molecule has 2 aromatic rings. The number of carbonyl (C=O) groups is 1. The number of nitrogens with one attached hydrogen (secondary N) is 1. The average molecular weight is 414 g/mol. The van der Waals surface area contributed by atoms with Crippen molar-refractivity contribution in [2.45, 2.75) is 25.9 Å². The molecule has 0 spiro atoms. The van der Waals surface area contributed by atoms with Crippen molar-refractivity contribution in [2.75, 3.05) is 22.4 Å². The molecule has 0 saturated heterocycles. The van der Waals surface area contributed by atoms with Crippen molar-refractivity contribution in [1.82, 2.24) is 0 Å². The molecule has 0 fully saturated rings. The van der Waals surface area contributed by atoms with Crippen LogP contribution in [0.2, 0.25) is 0 Å². The lowest BCUT2D eigenvalue weighted by molar-refractivity contribution is -0.137. The van der Waals surface area contributed by atoms with Crippen LogP contribution in [-0.4, -0.2) is 27.1 Å². The molecule has 0 aromatic heterocycles. The molecule has 2 rings (SSSR count). The Labute approximate surface area is 162 Å². The van der Waals surface area contributed by atoms with Gasteiger partial charge in [0.2, 0.25) is 15.9 Å². The number of benzene rings is 2. The molecule has 2 aromatic carbocycles. The van der Waals surface area contributed by atoms with Crippen LogP contribution >= 0.6 is 0 Å². The number of nitrogens with zero attached hydrogens (tertiary/aromatic N) is 1. The maximum absolute atomic E-state index is 12.6. The zero-order chi connectivity index (χ0) is 21.1. The van der Waals surface area contributed by atoms with Crippen molar-refractivity contribution in [1.29, 1.82) is 0 Å². The molecule has 0 radical (unpaired) electrons. The number of sulfonamides is 1. The highest BCUT2D eigenvalue weighted by atomic mass is 32.2. The minimum Gasteiger partial charge on any atom is -0.325 e. The molecule has 0 aliphatic heterocycles. The van der Waals surface area contributed by atoms with E-state index in [1.807, 2.05) is 13.8 Å². The fourth-order valence-electron chi connectivity index (χ4n) is 2.50. The summed E-state index contributed by atoms with van der Waals surface area (Å²) in [7, 11) is -3.74. The van der Waals surface area contributed by atoms with E-state index >= 15 is 0 Å². The van der Waals surface area contributed by atoms with Gasteiger partial charge in [0.15, 0.2) is 0 Å². The maximum Gasteiger partial charge on any atom is 0.416 e. The molecule has 5 nitrogen and oxygen atoms in total. The Balaban J connectivity index is 2.15. The van der Waals surface area contributed by atoms with Crippen molar-refractivity contribution >= 4 is 27.3 Å². The highest BCUT2D eigenvalue weighted by Gasteiger charge is 2.30. The standard InChI is InChI=1S/C19H21F3N2O3S/c1-13(2)14-4-10-17(11-5-14)24(28(3,26)27)12-18(25)23-16-8-6-15(7-9-16)19(20,21)22/h4-11,13H,12H2,1-3H3,(H,23,25). The second kappa shape index (κ2) is 8.22. The van der Waals surface area contributed by atoms with Crippen molar-refractivity contribution in [3.63, 3.8) is 0 Å². The van der Waals surface area contributed by atoms with E-state index < -0.39 is 34.2 Å². The Bertz CT molecular complexity index is 922. The van der Waals surface area contributed by atoms with E-state index in [2.05, 4.69) is 5.32 Å². The third-order valence-electron chi connectivity index (χ3n) is 4.03. The van der Waals surface area contributed by atoms with E-state index in [0.717, 1.165) is 40.4 Å². The van der Waals surface area contributed by atoms with Crippen LogP contribution in [0, 0.1) is 0 Å². The number of anilines is 2. The van der Waals surface area contributed by atoms with Crippen LogP contribution in [-0.2, 0) is 21.0 Å². The fraction of sp³-hybridized carbons (Fsp3) is 0.316. The number of hydrogen-bond acceptors (Lipinski definition) is 3. The highest BCUT2D eigenvalue weighted by molar-refractivity contribution is 7.92. The molecule has 0 aliphatic carbocycles. The van der Waals surface area contributed by atoms with Crippen LogP contribution in [0.3, 0.4) is 0 Å². The fourth-order valence-corrected chi connectivity index (χ4v) is 3.36. The summed E-state index contributed by atoms with van der Waals surface area (Å²) in [6.45, 7) is 3.50. The normalized spacial score (nSPS) is 12.1. The van der Waals surface area contributed by atoms with Gasteiger partial charge in [-0.05, 0) is 47.9 Å². The largest absolute Gasteiger partial charge is 0.416 e.